The predicted molar refractivity (Wildman–Crippen MR) is 68.5 cm³/mol. The Hall–Kier alpha value is -1.31. The van der Waals surface area contributed by atoms with Gasteiger partial charge in [0.15, 0.2) is 0 Å². The third kappa shape index (κ3) is 2.21. The minimum Gasteiger partial charge on any atom is -0.465 e. The maximum atomic E-state index is 11.8. The van der Waals surface area contributed by atoms with E-state index < -0.39 is 0 Å². The van der Waals surface area contributed by atoms with E-state index >= 15 is 0 Å². The Labute approximate surface area is 103 Å². The molecule has 2 rings (SSSR count). The topological polar surface area (TPSA) is 26.3 Å². The van der Waals surface area contributed by atoms with Gasteiger partial charge in [0.05, 0.1) is 12.7 Å². The molecule has 0 saturated carbocycles. The number of hydrogen-bond donors (Lipinski definition) is 0. The van der Waals surface area contributed by atoms with Gasteiger partial charge in [0.2, 0.25) is 0 Å². The number of fused-ring (bicyclic) bond motifs is 1. The molecular weight excluding hydrogens is 212 g/mol. The van der Waals surface area contributed by atoms with Crippen LogP contribution in [0.2, 0.25) is 0 Å². The average Bonchev–Trinajstić information content (AvgIpc) is 2.73. The number of esters is 1. The van der Waals surface area contributed by atoms with E-state index in [0.29, 0.717) is 0 Å². The maximum Gasteiger partial charge on any atom is 0.338 e. The summed E-state index contributed by atoms with van der Waals surface area (Å²) in [6.45, 7) is 6.51. The minimum atomic E-state index is -0.200. The number of carbonyl (C=O) groups excluding carboxylic acids is 1. The van der Waals surface area contributed by atoms with Crippen LogP contribution in [-0.2, 0) is 23.0 Å². The van der Waals surface area contributed by atoms with Gasteiger partial charge in [-0.15, -0.1) is 0 Å². The van der Waals surface area contributed by atoms with Gasteiger partial charge in [0, 0.05) is 0 Å². The summed E-state index contributed by atoms with van der Waals surface area (Å²) in [5.74, 6) is -0.200. The molecule has 0 bridgehead atoms. The van der Waals surface area contributed by atoms with E-state index in [-0.39, 0.29) is 11.4 Å². The molecule has 0 saturated heterocycles. The van der Waals surface area contributed by atoms with Crippen molar-refractivity contribution in [2.45, 2.75) is 45.4 Å². The van der Waals surface area contributed by atoms with Crippen LogP contribution >= 0.6 is 0 Å². The molecule has 92 valence electrons. The molecule has 17 heavy (non-hydrogen) atoms. The lowest BCUT2D eigenvalue weighted by molar-refractivity contribution is 0.0599. The molecule has 0 aliphatic heterocycles. The summed E-state index contributed by atoms with van der Waals surface area (Å²) in [6, 6.07) is 4.27. The molecule has 0 amide bonds. The lowest BCUT2D eigenvalue weighted by atomic mass is 9.84. The van der Waals surface area contributed by atoms with Crippen molar-refractivity contribution >= 4 is 5.97 Å². The molecule has 0 radical (unpaired) electrons. The van der Waals surface area contributed by atoms with E-state index in [1.807, 2.05) is 6.07 Å². The fourth-order valence-electron chi connectivity index (χ4n) is 2.43. The molecule has 0 atom stereocenters. The fourth-order valence-corrected chi connectivity index (χ4v) is 2.43. The van der Waals surface area contributed by atoms with Crippen LogP contribution in [0.1, 0.15) is 54.2 Å². The van der Waals surface area contributed by atoms with E-state index in [1.54, 1.807) is 0 Å². The number of rotatable bonds is 1. The first-order valence-corrected chi connectivity index (χ1v) is 6.18. The standard InChI is InChI=1S/C15H20O2/c1-15(2,3)11-8-10-6-5-7-12(10)13(9-11)14(16)17-4/h8-9H,5-7H2,1-4H3. The number of hydrogen-bond acceptors (Lipinski definition) is 2. The van der Waals surface area contributed by atoms with Crippen molar-refractivity contribution < 1.29 is 9.53 Å². The summed E-state index contributed by atoms with van der Waals surface area (Å²) in [5.41, 5.74) is 4.59. The molecule has 0 unspecified atom stereocenters. The molecule has 0 aromatic heterocycles. The first kappa shape index (κ1) is 12.2. The van der Waals surface area contributed by atoms with E-state index in [2.05, 4.69) is 26.8 Å². The first-order chi connectivity index (χ1) is 7.93. The Bertz CT molecular complexity index is 453. The van der Waals surface area contributed by atoms with Gasteiger partial charge in [-0.2, -0.15) is 0 Å². The second-order valence-corrected chi connectivity index (χ2v) is 5.76. The van der Waals surface area contributed by atoms with Crippen molar-refractivity contribution in [1.29, 1.82) is 0 Å². The zero-order valence-electron chi connectivity index (χ0n) is 11.1. The quantitative estimate of drug-likeness (QED) is 0.695. The lowest BCUT2D eigenvalue weighted by Gasteiger charge is -2.21. The highest BCUT2D eigenvalue weighted by Crippen LogP contribution is 2.32. The van der Waals surface area contributed by atoms with Crippen LogP contribution < -0.4 is 0 Å². The molecule has 2 heteroatoms. The third-order valence-corrected chi connectivity index (χ3v) is 3.49. The zero-order valence-corrected chi connectivity index (χ0v) is 11.1. The van der Waals surface area contributed by atoms with Crippen LogP contribution in [0.3, 0.4) is 0 Å². The van der Waals surface area contributed by atoms with Crippen molar-refractivity contribution in [3.05, 3.63) is 34.4 Å². The fraction of sp³-hybridized carbons (Fsp3) is 0.533. The van der Waals surface area contributed by atoms with E-state index in [9.17, 15) is 4.79 Å². The van der Waals surface area contributed by atoms with Crippen LogP contribution in [0.4, 0.5) is 0 Å². The van der Waals surface area contributed by atoms with Gasteiger partial charge in [-0.25, -0.2) is 4.79 Å². The summed E-state index contributed by atoms with van der Waals surface area (Å²) in [5, 5.41) is 0. The highest BCUT2D eigenvalue weighted by Gasteiger charge is 2.24. The molecule has 1 aromatic rings. The van der Waals surface area contributed by atoms with Crippen LogP contribution in [0.15, 0.2) is 12.1 Å². The van der Waals surface area contributed by atoms with Gasteiger partial charge in [-0.1, -0.05) is 26.8 Å². The number of carbonyl (C=O) groups is 1. The lowest BCUT2D eigenvalue weighted by Crippen LogP contribution is -2.15. The van der Waals surface area contributed by atoms with E-state index in [1.165, 1.54) is 23.8 Å². The molecule has 0 fully saturated rings. The van der Waals surface area contributed by atoms with Crippen molar-refractivity contribution in [2.24, 2.45) is 0 Å². The van der Waals surface area contributed by atoms with E-state index in [4.69, 9.17) is 4.74 Å². The molecule has 1 aliphatic carbocycles. The smallest absolute Gasteiger partial charge is 0.338 e. The molecule has 0 N–H and O–H groups in total. The SMILES string of the molecule is COC(=O)c1cc(C(C)(C)C)cc2c1CCC2. The Kier molecular flexibility index (Phi) is 2.98. The molecule has 0 heterocycles. The number of ether oxygens (including phenoxy) is 1. The Morgan fingerprint density at radius 3 is 2.53 bits per heavy atom. The summed E-state index contributed by atoms with van der Waals surface area (Å²) < 4.78 is 4.89. The molecule has 0 spiro atoms. The Morgan fingerprint density at radius 2 is 1.94 bits per heavy atom. The third-order valence-electron chi connectivity index (χ3n) is 3.49. The summed E-state index contributed by atoms with van der Waals surface area (Å²) in [4.78, 5) is 11.8. The monoisotopic (exact) mass is 232 g/mol. The van der Waals surface area contributed by atoms with Gasteiger partial charge in [0.1, 0.15) is 0 Å². The Morgan fingerprint density at radius 1 is 1.24 bits per heavy atom. The molecule has 2 nitrogen and oxygen atoms in total. The summed E-state index contributed by atoms with van der Waals surface area (Å²) >= 11 is 0. The van der Waals surface area contributed by atoms with Crippen molar-refractivity contribution in [3.63, 3.8) is 0 Å². The molecular formula is C15H20O2. The van der Waals surface area contributed by atoms with Crippen molar-refractivity contribution in [2.75, 3.05) is 7.11 Å². The van der Waals surface area contributed by atoms with Crippen LogP contribution in [0.25, 0.3) is 0 Å². The largest absolute Gasteiger partial charge is 0.465 e. The summed E-state index contributed by atoms with van der Waals surface area (Å²) in [7, 11) is 1.45. The number of aryl methyl sites for hydroxylation is 1. The van der Waals surface area contributed by atoms with Gasteiger partial charge in [-0.05, 0) is 47.4 Å². The highest BCUT2D eigenvalue weighted by atomic mass is 16.5. The van der Waals surface area contributed by atoms with Crippen molar-refractivity contribution in [1.82, 2.24) is 0 Å². The van der Waals surface area contributed by atoms with Gasteiger partial charge in [0.25, 0.3) is 0 Å². The number of benzene rings is 1. The van der Waals surface area contributed by atoms with Crippen LogP contribution in [0.5, 0.6) is 0 Å². The van der Waals surface area contributed by atoms with Gasteiger partial charge in [-0.3, -0.25) is 0 Å². The normalized spacial score (nSPS) is 14.6. The van der Waals surface area contributed by atoms with Crippen LogP contribution in [-0.4, -0.2) is 13.1 Å². The molecule has 1 aliphatic rings. The minimum absolute atomic E-state index is 0.0698. The maximum absolute atomic E-state index is 11.8. The van der Waals surface area contributed by atoms with Crippen LogP contribution in [0, 0.1) is 0 Å². The zero-order chi connectivity index (χ0) is 12.6. The second kappa shape index (κ2) is 4.17. The van der Waals surface area contributed by atoms with E-state index in [0.717, 1.165) is 24.8 Å². The van der Waals surface area contributed by atoms with Gasteiger partial charge >= 0.3 is 5.97 Å². The Balaban J connectivity index is 2.58. The predicted octanol–water partition coefficient (Wildman–Crippen LogP) is 3.26. The molecule has 1 aromatic carbocycles. The summed E-state index contributed by atoms with van der Waals surface area (Å²) in [6.07, 6.45) is 3.24. The highest BCUT2D eigenvalue weighted by molar-refractivity contribution is 5.92. The van der Waals surface area contributed by atoms with Crippen molar-refractivity contribution in [3.8, 4) is 0 Å². The second-order valence-electron chi connectivity index (χ2n) is 5.76. The first-order valence-electron chi connectivity index (χ1n) is 6.18. The number of methoxy groups -OCH3 is 1. The van der Waals surface area contributed by atoms with Gasteiger partial charge < -0.3 is 4.74 Å². The average molecular weight is 232 g/mol.